The Morgan fingerprint density at radius 2 is 2.30 bits per heavy atom. The Morgan fingerprint density at radius 1 is 1.50 bits per heavy atom. The molecular formula is C15H19FN2O2. The standard InChI is InChI=1S/C15H19FN2O2/c1-2-3-9-4-5-18(8-9)13-7-12-10(6-11(13)16)14(19)15(20)17-12/h6-7,9,14,19H,2-5,8H2,1H3,(H,17,20). The summed E-state index contributed by atoms with van der Waals surface area (Å²) in [6.07, 6.45) is 2.14. The van der Waals surface area contributed by atoms with Gasteiger partial charge in [-0.05, 0) is 30.9 Å². The molecule has 2 atom stereocenters. The number of aliphatic hydroxyl groups excluding tert-OH is 1. The van der Waals surface area contributed by atoms with Crippen LogP contribution in [0.5, 0.6) is 0 Å². The number of nitrogens with zero attached hydrogens (tertiary/aromatic N) is 1. The van der Waals surface area contributed by atoms with Gasteiger partial charge < -0.3 is 15.3 Å². The number of nitrogens with one attached hydrogen (secondary N) is 1. The molecule has 1 fully saturated rings. The average Bonchev–Trinajstić information content (AvgIpc) is 2.97. The molecule has 1 aromatic rings. The first-order valence-corrected chi connectivity index (χ1v) is 7.17. The van der Waals surface area contributed by atoms with Gasteiger partial charge in [-0.25, -0.2) is 4.39 Å². The van der Waals surface area contributed by atoms with Crippen LogP contribution in [0.2, 0.25) is 0 Å². The number of benzene rings is 1. The van der Waals surface area contributed by atoms with Crippen molar-refractivity contribution < 1.29 is 14.3 Å². The molecule has 2 heterocycles. The molecule has 2 aliphatic rings. The van der Waals surface area contributed by atoms with Crippen LogP contribution in [0.25, 0.3) is 0 Å². The van der Waals surface area contributed by atoms with Gasteiger partial charge in [-0.2, -0.15) is 0 Å². The Morgan fingerprint density at radius 3 is 3.05 bits per heavy atom. The summed E-state index contributed by atoms with van der Waals surface area (Å²) in [6.45, 7) is 3.87. The van der Waals surface area contributed by atoms with Gasteiger partial charge in [0.2, 0.25) is 0 Å². The molecule has 3 rings (SSSR count). The highest BCUT2D eigenvalue weighted by molar-refractivity contribution is 6.02. The van der Waals surface area contributed by atoms with Crippen molar-refractivity contribution in [2.75, 3.05) is 23.3 Å². The number of fused-ring (bicyclic) bond motifs is 1. The molecule has 2 unspecified atom stereocenters. The second-order valence-electron chi connectivity index (χ2n) is 5.67. The fraction of sp³-hybridized carbons (Fsp3) is 0.533. The molecule has 1 aromatic carbocycles. The zero-order chi connectivity index (χ0) is 14.3. The van der Waals surface area contributed by atoms with Crippen LogP contribution in [-0.2, 0) is 4.79 Å². The van der Waals surface area contributed by atoms with E-state index in [9.17, 15) is 14.3 Å². The van der Waals surface area contributed by atoms with E-state index in [4.69, 9.17) is 0 Å². The Hall–Kier alpha value is -1.62. The second-order valence-corrected chi connectivity index (χ2v) is 5.67. The first-order valence-electron chi connectivity index (χ1n) is 7.17. The lowest BCUT2D eigenvalue weighted by Gasteiger charge is -2.20. The van der Waals surface area contributed by atoms with Crippen LogP contribution in [-0.4, -0.2) is 24.1 Å². The monoisotopic (exact) mass is 278 g/mol. The minimum Gasteiger partial charge on any atom is -0.378 e. The van der Waals surface area contributed by atoms with Crippen molar-refractivity contribution in [3.63, 3.8) is 0 Å². The number of amides is 1. The second kappa shape index (κ2) is 5.05. The van der Waals surface area contributed by atoms with E-state index in [1.807, 2.05) is 4.90 Å². The predicted molar refractivity (Wildman–Crippen MR) is 75.2 cm³/mol. The summed E-state index contributed by atoms with van der Waals surface area (Å²) < 4.78 is 14.2. The zero-order valence-electron chi connectivity index (χ0n) is 11.5. The number of carbonyl (C=O) groups is 1. The average molecular weight is 278 g/mol. The number of anilines is 2. The molecule has 4 nitrogen and oxygen atoms in total. The molecule has 0 saturated carbocycles. The number of carbonyl (C=O) groups excluding carboxylic acids is 1. The quantitative estimate of drug-likeness (QED) is 0.893. The van der Waals surface area contributed by atoms with Gasteiger partial charge in [-0.15, -0.1) is 0 Å². The van der Waals surface area contributed by atoms with Crippen molar-refractivity contribution >= 4 is 17.3 Å². The van der Waals surface area contributed by atoms with Gasteiger partial charge in [-0.1, -0.05) is 13.3 Å². The maximum absolute atomic E-state index is 14.2. The Kier molecular flexibility index (Phi) is 3.38. The summed E-state index contributed by atoms with van der Waals surface area (Å²) in [4.78, 5) is 13.4. The van der Waals surface area contributed by atoms with Gasteiger partial charge in [-0.3, -0.25) is 4.79 Å². The minimum absolute atomic E-state index is 0.334. The lowest BCUT2D eigenvalue weighted by molar-refractivity contribution is -0.123. The van der Waals surface area contributed by atoms with E-state index in [2.05, 4.69) is 12.2 Å². The highest BCUT2D eigenvalue weighted by Crippen LogP contribution is 2.37. The van der Waals surface area contributed by atoms with E-state index in [1.54, 1.807) is 6.07 Å². The predicted octanol–water partition coefficient (Wildman–Crippen LogP) is 2.44. The van der Waals surface area contributed by atoms with Crippen LogP contribution in [0.15, 0.2) is 12.1 Å². The van der Waals surface area contributed by atoms with E-state index in [0.29, 0.717) is 22.9 Å². The van der Waals surface area contributed by atoms with Crippen LogP contribution >= 0.6 is 0 Å². The van der Waals surface area contributed by atoms with E-state index >= 15 is 0 Å². The summed E-state index contributed by atoms with van der Waals surface area (Å²) in [7, 11) is 0. The Bertz CT molecular complexity index is 547. The molecule has 0 aliphatic carbocycles. The highest BCUT2D eigenvalue weighted by Gasteiger charge is 2.32. The van der Waals surface area contributed by atoms with Gasteiger partial charge in [0, 0.05) is 24.3 Å². The third kappa shape index (κ3) is 2.16. The minimum atomic E-state index is -1.25. The lowest BCUT2D eigenvalue weighted by Crippen LogP contribution is -2.21. The number of rotatable bonds is 3. The van der Waals surface area contributed by atoms with E-state index in [0.717, 1.165) is 25.9 Å². The molecule has 1 saturated heterocycles. The molecule has 5 heteroatoms. The summed E-state index contributed by atoms with van der Waals surface area (Å²) in [5.41, 5.74) is 1.38. The molecule has 1 amide bonds. The molecular weight excluding hydrogens is 259 g/mol. The third-order valence-corrected chi connectivity index (χ3v) is 4.24. The van der Waals surface area contributed by atoms with Crippen molar-refractivity contribution in [2.24, 2.45) is 5.92 Å². The van der Waals surface area contributed by atoms with Gasteiger partial charge in [0.15, 0.2) is 6.10 Å². The van der Waals surface area contributed by atoms with Gasteiger partial charge in [0.1, 0.15) is 5.82 Å². The number of halogens is 1. The van der Waals surface area contributed by atoms with Gasteiger partial charge in [0.25, 0.3) is 5.91 Å². The largest absolute Gasteiger partial charge is 0.378 e. The fourth-order valence-corrected chi connectivity index (χ4v) is 3.19. The Balaban J connectivity index is 1.86. The topological polar surface area (TPSA) is 52.6 Å². The maximum Gasteiger partial charge on any atom is 0.257 e. The maximum atomic E-state index is 14.2. The molecule has 2 aliphatic heterocycles. The van der Waals surface area contributed by atoms with Crippen molar-refractivity contribution in [1.29, 1.82) is 0 Å². The van der Waals surface area contributed by atoms with Crippen molar-refractivity contribution in [3.8, 4) is 0 Å². The van der Waals surface area contributed by atoms with Crippen molar-refractivity contribution in [3.05, 3.63) is 23.5 Å². The molecule has 0 bridgehead atoms. The van der Waals surface area contributed by atoms with E-state index < -0.39 is 12.0 Å². The number of hydrogen-bond acceptors (Lipinski definition) is 3. The lowest BCUT2D eigenvalue weighted by atomic mass is 10.0. The van der Waals surface area contributed by atoms with Crippen LogP contribution in [0.3, 0.4) is 0 Å². The van der Waals surface area contributed by atoms with Crippen molar-refractivity contribution in [1.82, 2.24) is 0 Å². The SMILES string of the molecule is CCCC1CCN(c2cc3c(cc2F)C(O)C(=O)N3)C1. The summed E-state index contributed by atoms with van der Waals surface area (Å²) in [5.74, 6) is -0.230. The summed E-state index contributed by atoms with van der Waals surface area (Å²) in [5, 5.41) is 12.2. The summed E-state index contributed by atoms with van der Waals surface area (Å²) in [6, 6.07) is 2.92. The summed E-state index contributed by atoms with van der Waals surface area (Å²) >= 11 is 0. The normalized spacial score (nSPS) is 24.9. The highest BCUT2D eigenvalue weighted by atomic mass is 19.1. The van der Waals surface area contributed by atoms with E-state index in [1.165, 1.54) is 12.5 Å². The van der Waals surface area contributed by atoms with E-state index in [-0.39, 0.29) is 5.82 Å². The molecule has 2 N–H and O–H groups in total. The zero-order valence-corrected chi connectivity index (χ0v) is 11.5. The number of hydrogen-bond donors (Lipinski definition) is 2. The van der Waals surface area contributed by atoms with Gasteiger partial charge >= 0.3 is 0 Å². The van der Waals surface area contributed by atoms with Crippen LogP contribution in [0, 0.1) is 11.7 Å². The first-order chi connectivity index (χ1) is 9.60. The third-order valence-electron chi connectivity index (χ3n) is 4.24. The molecule has 0 spiro atoms. The smallest absolute Gasteiger partial charge is 0.257 e. The van der Waals surface area contributed by atoms with Crippen LogP contribution in [0.1, 0.15) is 37.9 Å². The number of aliphatic hydroxyl groups is 1. The van der Waals surface area contributed by atoms with Gasteiger partial charge in [0.05, 0.1) is 5.69 Å². The van der Waals surface area contributed by atoms with Crippen molar-refractivity contribution in [2.45, 2.75) is 32.3 Å². The van der Waals surface area contributed by atoms with Crippen LogP contribution < -0.4 is 10.2 Å². The molecule has 108 valence electrons. The Labute approximate surface area is 117 Å². The fourth-order valence-electron chi connectivity index (χ4n) is 3.19. The first kappa shape index (κ1) is 13.4. The molecule has 0 radical (unpaired) electrons. The molecule has 0 aromatic heterocycles. The van der Waals surface area contributed by atoms with Crippen LogP contribution in [0.4, 0.5) is 15.8 Å². The molecule has 20 heavy (non-hydrogen) atoms.